The lowest BCUT2D eigenvalue weighted by molar-refractivity contribution is -0.105. The molecule has 0 saturated carbocycles. The number of ether oxygens (including phenoxy) is 1. The molecule has 4 heteroatoms. The normalized spacial score (nSPS) is 44.3. The Labute approximate surface area is 108 Å². The van der Waals surface area contributed by atoms with Gasteiger partial charge in [-0.3, -0.25) is 0 Å². The predicted octanol–water partition coefficient (Wildman–Crippen LogP) is 1.40. The van der Waals surface area contributed by atoms with E-state index in [2.05, 4.69) is 5.32 Å². The summed E-state index contributed by atoms with van der Waals surface area (Å²) in [6.45, 7) is 1.92. The number of hydrogen-bond donors (Lipinski definition) is 2. The smallest absolute Gasteiger partial charge is 0.0783 e. The molecule has 0 aliphatic carbocycles. The van der Waals surface area contributed by atoms with E-state index in [1.807, 2.05) is 11.8 Å². The van der Waals surface area contributed by atoms with Crippen molar-refractivity contribution in [2.24, 2.45) is 5.92 Å². The maximum absolute atomic E-state index is 10.5. The van der Waals surface area contributed by atoms with E-state index >= 15 is 0 Å². The van der Waals surface area contributed by atoms with E-state index in [-0.39, 0.29) is 11.7 Å². The van der Waals surface area contributed by atoms with Gasteiger partial charge in [0.05, 0.1) is 11.7 Å². The molecular weight excluding hydrogens is 234 g/mol. The van der Waals surface area contributed by atoms with Crippen molar-refractivity contribution in [3.05, 3.63) is 0 Å². The maximum Gasteiger partial charge on any atom is 0.0783 e. The summed E-state index contributed by atoms with van der Waals surface area (Å²) in [5, 5.41) is 13.9. The van der Waals surface area contributed by atoms with Gasteiger partial charge in [0.15, 0.2) is 0 Å². The molecule has 0 bridgehead atoms. The average molecular weight is 257 g/mol. The number of rotatable bonds is 2. The second-order valence-corrected chi connectivity index (χ2v) is 6.89. The maximum atomic E-state index is 10.5. The summed E-state index contributed by atoms with van der Waals surface area (Å²) in [6, 6.07) is 0.337. The molecule has 2 N–H and O–H groups in total. The van der Waals surface area contributed by atoms with Crippen molar-refractivity contribution in [1.29, 1.82) is 0 Å². The van der Waals surface area contributed by atoms with Crippen LogP contribution in [0.4, 0.5) is 0 Å². The first-order valence-corrected chi connectivity index (χ1v) is 8.08. The molecule has 4 atom stereocenters. The first-order chi connectivity index (χ1) is 8.29. The van der Waals surface area contributed by atoms with Gasteiger partial charge in [-0.25, -0.2) is 0 Å². The minimum atomic E-state index is -0.163. The molecule has 0 aromatic carbocycles. The zero-order valence-electron chi connectivity index (χ0n) is 10.4. The topological polar surface area (TPSA) is 41.5 Å². The Morgan fingerprint density at radius 2 is 2.35 bits per heavy atom. The average Bonchev–Trinajstić information content (AvgIpc) is 3.00. The fourth-order valence-corrected chi connectivity index (χ4v) is 4.93. The van der Waals surface area contributed by atoms with Crippen molar-refractivity contribution in [2.45, 2.75) is 49.9 Å². The van der Waals surface area contributed by atoms with Crippen molar-refractivity contribution in [1.82, 2.24) is 5.32 Å². The molecule has 3 rings (SSSR count). The Morgan fingerprint density at radius 3 is 3.06 bits per heavy atom. The van der Waals surface area contributed by atoms with Gasteiger partial charge in [0.25, 0.3) is 0 Å². The summed E-state index contributed by atoms with van der Waals surface area (Å²) >= 11 is 2.00. The molecule has 3 saturated heterocycles. The Bertz CT molecular complexity index is 262. The second kappa shape index (κ2) is 5.08. The minimum absolute atomic E-state index is 0.104. The van der Waals surface area contributed by atoms with Gasteiger partial charge in [-0.05, 0) is 50.3 Å². The van der Waals surface area contributed by atoms with Crippen LogP contribution in [0.25, 0.3) is 0 Å². The van der Waals surface area contributed by atoms with Crippen LogP contribution < -0.4 is 5.32 Å². The van der Waals surface area contributed by atoms with Crippen molar-refractivity contribution in [2.75, 3.05) is 24.7 Å². The van der Waals surface area contributed by atoms with Crippen molar-refractivity contribution in [3.63, 3.8) is 0 Å². The first-order valence-electron chi connectivity index (χ1n) is 6.92. The Hall–Kier alpha value is 0.230. The molecule has 0 radical (unpaired) electrons. The van der Waals surface area contributed by atoms with Crippen LogP contribution in [-0.2, 0) is 4.74 Å². The fourth-order valence-electron chi connectivity index (χ4n) is 3.55. The Balaban J connectivity index is 1.62. The lowest BCUT2D eigenvalue weighted by Gasteiger charge is -2.40. The molecule has 3 nitrogen and oxygen atoms in total. The zero-order valence-corrected chi connectivity index (χ0v) is 11.2. The number of aliphatic hydroxyl groups excluding tert-OH is 1. The largest absolute Gasteiger partial charge is 0.391 e. The van der Waals surface area contributed by atoms with Gasteiger partial charge in [-0.1, -0.05) is 0 Å². The van der Waals surface area contributed by atoms with Crippen LogP contribution >= 0.6 is 11.8 Å². The van der Waals surface area contributed by atoms with Crippen molar-refractivity contribution >= 4 is 11.8 Å². The highest BCUT2D eigenvalue weighted by molar-refractivity contribution is 7.99. The van der Waals surface area contributed by atoms with Gasteiger partial charge < -0.3 is 15.2 Å². The Morgan fingerprint density at radius 1 is 1.41 bits per heavy atom. The van der Waals surface area contributed by atoms with Crippen molar-refractivity contribution in [3.8, 4) is 0 Å². The summed E-state index contributed by atoms with van der Waals surface area (Å²) < 4.78 is 6.02. The number of aliphatic hydroxyl groups is 1. The molecule has 3 aliphatic heterocycles. The number of nitrogens with one attached hydrogen (secondary N) is 1. The highest BCUT2D eigenvalue weighted by atomic mass is 32.2. The van der Waals surface area contributed by atoms with Gasteiger partial charge in [-0.2, -0.15) is 11.8 Å². The van der Waals surface area contributed by atoms with Crippen LogP contribution in [0.2, 0.25) is 0 Å². The lowest BCUT2D eigenvalue weighted by Crippen LogP contribution is -2.48. The molecule has 17 heavy (non-hydrogen) atoms. The summed E-state index contributed by atoms with van der Waals surface area (Å²) in [6.07, 6.45) is 5.47. The number of thioether (sulfide) groups is 1. The van der Waals surface area contributed by atoms with E-state index in [1.54, 1.807) is 0 Å². The molecule has 3 fully saturated rings. The molecule has 98 valence electrons. The van der Waals surface area contributed by atoms with Crippen molar-refractivity contribution < 1.29 is 9.84 Å². The van der Waals surface area contributed by atoms with Gasteiger partial charge in [0.1, 0.15) is 0 Å². The molecule has 3 aliphatic rings. The van der Waals surface area contributed by atoms with E-state index in [0.29, 0.717) is 12.0 Å². The van der Waals surface area contributed by atoms with E-state index < -0.39 is 0 Å². The third-order valence-electron chi connectivity index (χ3n) is 4.59. The summed E-state index contributed by atoms with van der Waals surface area (Å²) in [7, 11) is 0. The van der Waals surface area contributed by atoms with E-state index in [4.69, 9.17) is 4.74 Å². The molecule has 1 spiro atoms. The van der Waals surface area contributed by atoms with Gasteiger partial charge in [-0.15, -0.1) is 0 Å². The van der Waals surface area contributed by atoms with Gasteiger partial charge >= 0.3 is 0 Å². The van der Waals surface area contributed by atoms with Crippen LogP contribution in [0, 0.1) is 5.92 Å². The first kappa shape index (κ1) is 12.3. The molecule has 3 heterocycles. The van der Waals surface area contributed by atoms with E-state index in [0.717, 1.165) is 38.2 Å². The molecule has 0 amide bonds. The van der Waals surface area contributed by atoms with Gasteiger partial charge in [0.2, 0.25) is 0 Å². The second-order valence-electron chi connectivity index (χ2n) is 5.78. The molecule has 0 aromatic heterocycles. The zero-order chi connectivity index (χ0) is 11.7. The van der Waals surface area contributed by atoms with Crippen LogP contribution in [0.15, 0.2) is 0 Å². The van der Waals surface area contributed by atoms with Crippen LogP contribution in [0.1, 0.15) is 32.1 Å². The van der Waals surface area contributed by atoms with E-state index in [1.165, 1.54) is 18.6 Å². The van der Waals surface area contributed by atoms with E-state index in [9.17, 15) is 5.11 Å². The number of hydrogen-bond acceptors (Lipinski definition) is 4. The summed E-state index contributed by atoms with van der Waals surface area (Å²) in [4.78, 5) is 0. The summed E-state index contributed by atoms with van der Waals surface area (Å²) in [5.41, 5.74) is 0.104. The monoisotopic (exact) mass is 257 g/mol. The molecule has 0 aromatic rings. The Kier molecular flexibility index (Phi) is 3.67. The predicted molar refractivity (Wildman–Crippen MR) is 70.4 cm³/mol. The third kappa shape index (κ3) is 2.50. The lowest BCUT2D eigenvalue weighted by atomic mass is 9.80. The standard InChI is InChI=1S/C13H23NO2S/c15-12(11-2-1-5-14-11)10-3-6-16-13(8-10)4-7-17-9-13/h10-12,14-15H,1-9H2. The fraction of sp³-hybridized carbons (Fsp3) is 1.00. The van der Waals surface area contributed by atoms with Crippen LogP contribution in [0.5, 0.6) is 0 Å². The highest BCUT2D eigenvalue weighted by Crippen LogP contribution is 2.41. The SMILES string of the molecule is OC(C1CCOC2(CCSC2)C1)C1CCCN1. The highest BCUT2D eigenvalue weighted by Gasteiger charge is 2.43. The van der Waals surface area contributed by atoms with Crippen LogP contribution in [0.3, 0.4) is 0 Å². The van der Waals surface area contributed by atoms with Crippen LogP contribution in [-0.4, -0.2) is 47.5 Å². The quantitative estimate of drug-likeness (QED) is 0.785. The summed E-state index contributed by atoms with van der Waals surface area (Å²) in [5.74, 6) is 2.80. The molecular formula is C13H23NO2S. The third-order valence-corrected chi connectivity index (χ3v) is 5.81. The van der Waals surface area contributed by atoms with Gasteiger partial charge in [0, 0.05) is 18.4 Å². The molecule has 4 unspecified atom stereocenters. The minimum Gasteiger partial charge on any atom is -0.391 e.